The quantitative estimate of drug-likeness (QED) is 0.173. The molecule has 7 rings (SSSR count). The van der Waals surface area contributed by atoms with E-state index in [4.69, 9.17) is 18.9 Å². The number of fused-ring (bicyclic) bond motifs is 5. The smallest absolute Gasteiger partial charge is 0.338 e. The van der Waals surface area contributed by atoms with Crippen molar-refractivity contribution >= 4 is 29.5 Å². The molecule has 1 unspecified atom stereocenters. The number of rotatable bonds is 10. The van der Waals surface area contributed by atoms with Crippen molar-refractivity contribution in [2.45, 2.75) is 89.0 Å². The fourth-order valence-electron chi connectivity index (χ4n) is 9.79. The highest BCUT2D eigenvalue weighted by molar-refractivity contribution is 5.96. The van der Waals surface area contributed by atoms with Gasteiger partial charge in [0.15, 0.2) is 23.6 Å². The Kier molecular flexibility index (Phi) is 10.9. The summed E-state index contributed by atoms with van der Waals surface area (Å²) in [6.07, 6.45) is -7.37. The molecule has 59 heavy (non-hydrogen) atoms. The molecule has 3 saturated heterocycles. The molecular formula is C45H50N2O12. The minimum absolute atomic E-state index is 0.101. The predicted molar refractivity (Wildman–Crippen MR) is 210 cm³/mol. The van der Waals surface area contributed by atoms with Crippen molar-refractivity contribution < 1.29 is 58.2 Å². The van der Waals surface area contributed by atoms with Gasteiger partial charge in [0.25, 0.3) is 11.8 Å². The molecule has 3 aliphatic heterocycles. The Bertz CT molecular complexity index is 2160. The zero-order valence-corrected chi connectivity index (χ0v) is 33.8. The highest BCUT2D eigenvalue weighted by Crippen LogP contribution is 2.65. The van der Waals surface area contributed by atoms with Crippen molar-refractivity contribution in [3.63, 3.8) is 0 Å². The number of amides is 2. The van der Waals surface area contributed by atoms with E-state index in [1.165, 1.54) is 37.9 Å². The fourth-order valence-corrected chi connectivity index (χ4v) is 9.79. The molecule has 0 aromatic heterocycles. The van der Waals surface area contributed by atoms with Crippen LogP contribution in [0.5, 0.6) is 0 Å². The average molecular weight is 811 g/mol. The molecule has 4 aliphatic rings. The van der Waals surface area contributed by atoms with E-state index in [0.29, 0.717) is 16.7 Å². The number of carbonyl (C=O) groups is 5. The Morgan fingerprint density at radius 2 is 1.49 bits per heavy atom. The number of Topliss-reactive ketones (excluding diaryl/α,β-unsaturated/α-hetero) is 1. The van der Waals surface area contributed by atoms with Gasteiger partial charge in [-0.25, -0.2) is 4.79 Å². The first-order chi connectivity index (χ1) is 27.9. The average Bonchev–Trinajstić information content (AvgIpc) is 3.40. The number of nitrogens with zero attached hydrogens (tertiary/aromatic N) is 1. The monoisotopic (exact) mass is 810 g/mol. The van der Waals surface area contributed by atoms with Crippen LogP contribution in [0.25, 0.3) is 0 Å². The van der Waals surface area contributed by atoms with Gasteiger partial charge in [-0.05, 0) is 49.2 Å². The summed E-state index contributed by atoms with van der Waals surface area (Å²) in [5, 5.41) is 39.3. The summed E-state index contributed by atoms with van der Waals surface area (Å²) in [6, 6.07) is 23.9. The minimum atomic E-state index is -2.47. The van der Waals surface area contributed by atoms with Gasteiger partial charge in [-0.2, -0.15) is 0 Å². The van der Waals surface area contributed by atoms with Crippen LogP contribution >= 0.6 is 0 Å². The molecule has 10 atom stereocenters. The van der Waals surface area contributed by atoms with Crippen LogP contribution in [0.3, 0.4) is 0 Å². The van der Waals surface area contributed by atoms with Gasteiger partial charge in [0.05, 0.1) is 35.6 Å². The third-order valence-electron chi connectivity index (χ3n) is 12.9. The highest BCUT2D eigenvalue weighted by atomic mass is 16.7. The second kappa shape index (κ2) is 15.4. The lowest BCUT2D eigenvalue weighted by Gasteiger charge is -2.63. The third kappa shape index (κ3) is 6.76. The topological polar surface area (TPSA) is 198 Å². The van der Waals surface area contributed by atoms with E-state index in [0.717, 1.165) is 0 Å². The van der Waals surface area contributed by atoms with Gasteiger partial charge in [0.1, 0.15) is 12.2 Å². The largest absolute Gasteiger partial charge is 0.453 e. The van der Waals surface area contributed by atoms with Crippen molar-refractivity contribution in [2.24, 2.45) is 16.7 Å². The summed E-state index contributed by atoms with van der Waals surface area (Å²) in [5.74, 6) is -7.25. The molecule has 3 aromatic carbocycles. The number of hydrogen-bond donors (Lipinski definition) is 4. The van der Waals surface area contributed by atoms with Crippen molar-refractivity contribution in [1.29, 1.82) is 0 Å². The van der Waals surface area contributed by atoms with Gasteiger partial charge >= 0.3 is 11.9 Å². The first-order valence-electron chi connectivity index (χ1n) is 19.6. The molecule has 4 N–H and O–H groups in total. The number of ketones is 1. The fraction of sp³-hybridized carbons (Fsp3) is 0.444. The summed E-state index contributed by atoms with van der Waals surface area (Å²) < 4.78 is 24.5. The van der Waals surface area contributed by atoms with Crippen LogP contribution in [-0.4, -0.2) is 112 Å². The maximum atomic E-state index is 15.2. The lowest BCUT2D eigenvalue weighted by molar-refractivity contribution is -0.356. The van der Waals surface area contributed by atoms with Crippen LogP contribution in [-0.2, 0) is 33.3 Å². The zero-order valence-electron chi connectivity index (χ0n) is 33.8. The Hall–Kier alpha value is -5.25. The van der Waals surface area contributed by atoms with Crippen molar-refractivity contribution in [2.75, 3.05) is 20.2 Å². The summed E-state index contributed by atoms with van der Waals surface area (Å²) in [7, 11) is 1.46. The number of aliphatic hydroxyl groups excluding tert-OH is 2. The summed E-state index contributed by atoms with van der Waals surface area (Å²) >= 11 is 0. The number of ether oxygens (including phenoxy) is 4. The summed E-state index contributed by atoms with van der Waals surface area (Å²) in [4.78, 5) is 70.5. The van der Waals surface area contributed by atoms with Gasteiger partial charge in [0.2, 0.25) is 5.79 Å². The van der Waals surface area contributed by atoms with Gasteiger partial charge in [-0.3, -0.25) is 19.2 Å². The molecule has 2 amide bonds. The van der Waals surface area contributed by atoms with Gasteiger partial charge in [-0.1, -0.05) is 86.2 Å². The Morgan fingerprint density at radius 3 is 2.05 bits per heavy atom. The molecule has 14 heteroatoms. The molecule has 312 valence electrons. The second-order valence-electron chi connectivity index (χ2n) is 16.8. The van der Waals surface area contributed by atoms with Crippen molar-refractivity contribution in [1.82, 2.24) is 10.2 Å². The highest BCUT2D eigenvalue weighted by Gasteiger charge is 2.80. The van der Waals surface area contributed by atoms with E-state index in [1.807, 2.05) is 0 Å². The lowest BCUT2D eigenvalue weighted by Crippen LogP contribution is -2.79. The third-order valence-corrected chi connectivity index (χ3v) is 12.9. The molecule has 1 aliphatic carbocycles. The van der Waals surface area contributed by atoms with Crippen LogP contribution < -0.4 is 5.32 Å². The first kappa shape index (κ1) is 41.9. The molecule has 3 heterocycles. The maximum Gasteiger partial charge on any atom is 0.338 e. The van der Waals surface area contributed by atoms with E-state index in [1.54, 1.807) is 99.6 Å². The van der Waals surface area contributed by atoms with Gasteiger partial charge in [-0.15, -0.1) is 0 Å². The van der Waals surface area contributed by atoms with Crippen LogP contribution in [0.15, 0.2) is 102 Å². The van der Waals surface area contributed by atoms with Gasteiger partial charge < -0.3 is 44.5 Å². The number of carbonyl (C=O) groups excluding carboxylic acids is 5. The van der Waals surface area contributed by atoms with Crippen LogP contribution in [0.2, 0.25) is 0 Å². The van der Waals surface area contributed by atoms with E-state index >= 15 is 4.79 Å². The zero-order chi connectivity index (χ0) is 42.7. The first-order valence-corrected chi connectivity index (χ1v) is 19.6. The molecule has 1 saturated carbocycles. The van der Waals surface area contributed by atoms with E-state index in [9.17, 15) is 34.5 Å². The Labute approximate surface area is 342 Å². The molecule has 14 nitrogen and oxygen atoms in total. The summed E-state index contributed by atoms with van der Waals surface area (Å²) in [5.41, 5.74) is -3.29. The second-order valence-corrected chi connectivity index (χ2v) is 16.8. The minimum Gasteiger partial charge on any atom is -0.453 e. The number of benzene rings is 3. The van der Waals surface area contributed by atoms with Crippen molar-refractivity contribution in [3.8, 4) is 0 Å². The maximum absolute atomic E-state index is 15.2. The molecule has 4 fully saturated rings. The predicted octanol–water partition coefficient (Wildman–Crippen LogP) is 3.30. The normalized spacial score (nSPS) is 32.2. The number of likely N-dealkylation sites (N-methyl/N-ethyl adjacent to an activating group) is 1. The van der Waals surface area contributed by atoms with E-state index in [2.05, 4.69) is 5.32 Å². The molecule has 0 spiro atoms. The lowest BCUT2D eigenvalue weighted by atomic mass is 9.49. The van der Waals surface area contributed by atoms with Crippen LogP contribution in [0, 0.1) is 16.7 Å². The molecular weight excluding hydrogens is 760 g/mol. The Morgan fingerprint density at radius 1 is 0.915 bits per heavy atom. The number of aliphatic hydroxyl groups is 3. The SMILES string of the molecule is CC(=O)O[C@@]12CO[C@@H]1C[C@H](O)[C@@]1(C)C(=O)[C@@H]3O[C@](O)([C@@H](OC(=O)c4ccccc4)C12)C(C)(C)/C3=C(/C)CN(C)C(=O)[C@H](O)[C@@H](NC(=O)c1ccccc1)c1ccccc1. The summed E-state index contributed by atoms with van der Waals surface area (Å²) in [6.45, 7) is 7.25. The standard InChI is InChI=1S/C45H50N2O12/c1-25(23-47(6)40(53)34(50)33(27-16-10-7-11-17-27)46-39(52)28-18-12-8-13-19-28)32-35-37(51)43(5)30(49)22-31-44(24-56-31,58-26(2)48)36(43)38(45(55,59-35)42(32,3)4)57-41(54)29-20-14-9-15-21-29/h7-21,30-31,33-36,38,49-50,55H,22-24H2,1-6H3,(H,46,52)/b32-25-/t30-,31+,33-,34+,35+,36?,38-,43+,44-,45+/m0/s1. The molecule has 2 bridgehead atoms. The van der Waals surface area contributed by atoms with E-state index < -0.39 is 94.2 Å². The van der Waals surface area contributed by atoms with Crippen LogP contribution in [0.1, 0.15) is 73.4 Å². The Balaban J connectivity index is 1.27. The van der Waals surface area contributed by atoms with Gasteiger partial charge in [0, 0.05) is 37.9 Å². The number of esters is 2. The molecule has 0 radical (unpaired) electrons. The van der Waals surface area contributed by atoms with Crippen molar-refractivity contribution in [3.05, 3.63) is 119 Å². The van der Waals surface area contributed by atoms with E-state index in [-0.39, 0.29) is 30.7 Å². The number of nitrogens with one attached hydrogen (secondary N) is 1. The number of hydrogen-bond acceptors (Lipinski definition) is 12. The van der Waals surface area contributed by atoms with Crippen LogP contribution in [0.4, 0.5) is 0 Å². The molecule has 3 aromatic rings.